The number of hydrogen-bond donors (Lipinski definition) is 0. The van der Waals surface area contributed by atoms with E-state index in [0.29, 0.717) is 27.6 Å². The molecule has 6 heteroatoms. The van der Waals surface area contributed by atoms with Gasteiger partial charge in [0, 0.05) is 0 Å². The van der Waals surface area contributed by atoms with Crippen LogP contribution in [0.15, 0.2) is 40.8 Å². The molecule has 0 saturated carbocycles. The zero-order chi connectivity index (χ0) is 14.3. The lowest BCUT2D eigenvalue weighted by Gasteiger charge is -2.04. The summed E-state index contributed by atoms with van der Waals surface area (Å²) in [5.74, 6) is 0.340. The van der Waals surface area contributed by atoms with Crippen LogP contribution in [0.1, 0.15) is 10.4 Å². The topological polar surface area (TPSA) is 43.1 Å². The van der Waals surface area contributed by atoms with Crippen molar-refractivity contribution >= 4 is 51.1 Å². The van der Waals surface area contributed by atoms with Gasteiger partial charge in [-0.25, -0.2) is 4.98 Å². The second-order valence-corrected chi connectivity index (χ2v) is 5.23. The Bertz CT molecular complexity index is 793. The zero-order valence-corrected chi connectivity index (χ0v) is 12.1. The minimum Gasteiger partial charge on any atom is -0.436 e. The van der Waals surface area contributed by atoms with Gasteiger partial charge in [0.05, 0.1) is 21.2 Å². The number of fused-ring (bicyclic) bond motifs is 1. The normalized spacial score (nSPS) is 10.9. The largest absolute Gasteiger partial charge is 0.436 e. The Labute approximate surface area is 129 Å². The Morgan fingerprint density at radius 2 is 1.85 bits per heavy atom. The van der Waals surface area contributed by atoms with E-state index in [9.17, 15) is 4.79 Å². The molecule has 0 bridgehead atoms. The summed E-state index contributed by atoms with van der Waals surface area (Å²) in [5.41, 5.74) is 2.02. The van der Waals surface area contributed by atoms with Crippen LogP contribution in [0.3, 0.4) is 0 Å². The predicted octanol–water partition coefficient (Wildman–Crippen LogP) is 5.18. The SMILES string of the molecule is O=C(Cl)c1cc(Cl)c(-c2nc3ccccc3o2)cc1Cl. The lowest BCUT2D eigenvalue weighted by Crippen LogP contribution is -1.92. The van der Waals surface area contributed by atoms with Gasteiger partial charge in [-0.05, 0) is 35.9 Å². The van der Waals surface area contributed by atoms with Crippen LogP contribution in [0, 0.1) is 0 Å². The maximum Gasteiger partial charge on any atom is 0.253 e. The molecule has 3 nitrogen and oxygen atoms in total. The Morgan fingerprint density at radius 3 is 2.55 bits per heavy atom. The molecule has 0 radical (unpaired) electrons. The second-order valence-electron chi connectivity index (χ2n) is 4.07. The van der Waals surface area contributed by atoms with Gasteiger partial charge >= 0.3 is 0 Å². The number of para-hydroxylation sites is 2. The fourth-order valence-electron chi connectivity index (χ4n) is 1.85. The third-order valence-corrected chi connectivity index (χ3v) is 3.62. The zero-order valence-electron chi connectivity index (χ0n) is 9.86. The van der Waals surface area contributed by atoms with Gasteiger partial charge in [0.1, 0.15) is 5.52 Å². The number of nitrogens with zero attached hydrogens (tertiary/aromatic N) is 1. The Hall–Kier alpha value is -1.55. The highest BCUT2D eigenvalue weighted by Crippen LogP contribution is 2.34. The van der Waals surface area contributed by atoms with Crippen molar-refractivity contribution < 1.29 is 9.21 Å². The monoisotopic (exact) mass is 325 g/mol. The number of oxazole rings is 1. The highest BCUT2D eigenvalue weighted by atomic mass is 35.5. The first-order valence-corrected chi connectivity index (χ1v) is 6.74. The maximum absolute atomic E-state index is 11.2. The molecule has 1 heterocycles. The molecule has 1 aromatic heterocycles. The van der Waals surface area contributed by atoms with Gasteiger partial charge in [-0.3, -0.25) is 4.79 Å². The van der Waals surface area contributed by atoms with E-state index in [-0.39, 0.29) is 10.6 Å². The summed E-state index contributed by atoms with van der Waals surface area (Å²) >= 11 is 17.6. The number of carbonyl (C=O) groups is 1. The number of halogens is 3. The lowest BCUT2D eigenvalue weighted by molar-refractivity contribution is 0.108. The minimum absolute atomic E-state index is 0.151. The number of aromatic nitrogens is 1. The van der Waals surface area contributed by atoms with Crippen molar-refractivity contribution in [2.75, 3.05) is 0 Å². The first-order valence-electron chi connectivity index (χ1n) is 5.61. The van der Waals surface area contributed by atoms with Crippen molar-refractivity contribution in [3.8, 4) is 11.5 Å². The molecule has 0 spiro atoms. The fourth-order valence-corrected chi connectivity index (χ4v) is 2.55. The van der Waals surface area contributed by atoms with Crippen LogP contribution in [-0.4, -0.2) is 10.2 Å². The van der Waals surface area contributed by atoms with Crippen molar-refractivity contribution in [3.63, 3.8) is 0 Å². The summed E-state index contributed by atoms with van der Waals surface area (Å²) in [6, 6.07) is 10.3. The number of rotatable bonds is 2. The molecule has 0 amide bonds. The van der Waals surface area contributed by atoms with Crippen LogP contribution in [0.5, 0.6) is 0 Å². The van der Waals surface area contributed by atoms with Crippen LogP contribution in [-0.2, 0) is 0 Å². The van der Waals surface area contributed by atoms with Gasteiger partial charge in [-0.1, -0.05) is 35.3 Å². The molecule has 0 aliphatic rings. The van der Waals surface area contributed by atoms with E-state index >= 15 is 0 Å². The van der Waals surface area contributed by atoms with Crippen molar-refractivity contribution in [3.05, 3.63) is 52.0 Å². The third-order valence-electron chi connectivity index (χ3n) is 2.79. The van der Waals surface area contributed by atoms with Crippen molar-refractivity contribution in [2.45, 2.75) is 0 Å². The summed E-state index contributed by atoms with van der Waals surface area (Å²) in [7, 11) is 0. The van der Waals surface area contributed by atoms with Gasteiger partial charge < -0.3 is 4.42 Å². The Kier molecular flexibility index (Phi) is 3.42. The van der Waals surface area contributed by atoms with E-state index in [1.165, 1.54) is 12.1 Å². The predicted molar refractivity (Wildman–Crippen MR) is 79.6 cm³/mol. The standard InChI is InChI=1S/C14H6Cl3NO2/c15-9-6-8(10(16)5-7(9)13(17)19)14-18-11-3-1-2-4-12(11)20-14/h1-6H. The molecule has 2 aromatic carbocycles. The molecule has 100 valence electrons. The first-order chi connectivity index (χ1) is 9.56. The average Bonchev–Trinajstić information content (AvgIpc) is 2.84. The molecule has 0 unspecified atom stereocenters. The van der Waals surface area contributed by atoms with Crippen LogP contribution in [0.25, 0.3) is 22.6 Å². The molecule has 0 saturated heterocycles. The van der Waals surface area contributed by atoms with Gasteiger partial charge in [0.25, 0.3) is 5.24 Å². The Balaban J connectivity index is 2.19. The maximum atomic E-state index is 11.2. The van der Waals surface area contributed by atoms with E-state index in [1.807, 2.05) is 18.2 Å². The van der Waals surface area contributed by atoms with Crippen molar-refractivity contribution in [1.29, 1.82) is 0 Å². The summed E-state index contributed by atoms with van der Waals surface area (Å²) in [5, 5.41) is -0.169. The number of carbonyl (C=O) groups excluding carboxylic acids is 1. The van der Waals surface area contributed by atoms with Crippen LogP contribution in [0.2, 0.25) is 10.0 Å². The average molecular weight is 327 g/mol. The molecule has 0 aliphatic heterocycles. The quantitative estimate of drug-likeness (QED) is 0.609. The molecule has 0 aliphatic carbocycles. The van der Waals surface area contributed by atoms with Crippen LogP contribution >= 0.6 is 34.8 Å². The fraction of sp³-hybridized carbons (Fsp3) is 0. The third kappa shape index (κ3) is 2.29. The highest BCUT2D eigenvalue weighted by molar-refractivity contribution is 6.69. The first kappa shape index (κ1) is 13.4. The summed E-state index contributed by atoms with van der Waals surface area (Å²) < 4.78 is 5.62. The van der Waals surface area contributed by atoms with Gasteiger partial charge in [0.2, 0.25) is 5.89 Å². The number of benzene rings is 2. The summed E-state index contributed by atoms with van der Waals surface area (Å²) in [4.78, 5) is 15.5. The summed E-state index contributed by atoms with van der Waals surface area (Å²) in [6.07, 6.45) is 0. The molecule has 3 rings (SSSR count). The van der Waals surface area contributed by atoms with Crippen molar-refractivity contribution in [1.82, 2.24) is 4.98 Å². The van der Waals surface area contributed by atoms with Gasteiger partial charge in [-0.15, -0.1) is 0 Å². The minimum atomic E-state index is -0.666. The molecule has 0 fully saturated rings. The van der Waals surface area contributed by atoms with E-state index in [0.717, 1.165) is 0 Å². The highest BCUT2D eigenvalue weighted by Gasteiger charge is 2.16. The Morgan fingerprint density at radius 1 is 1.10 bits per heavy atom. The van der Waals surface area contributed by atoms with E-state index in [4.69, 9.17) is 39.2 Å². The van der Waals surface area contributed by atoms with Gasteiger partial charge in [0.15, 0.2) is 5.58 Å². The van der Waals surface area contributed by atoms with Crippen LogP contribution in [0.4, 0.5) is 0 Å². The number of hydrogen-bond acceptors (Lipinski definition) is 3. The molecule has 0 atom stereocenters. The second kappa shape index (κ2) is 5.09. The summed E-state index contributed by atoms with van der Waals surface area (Å²) in [6.45, 7) is 0. The molecule has 0 N–H and O–H groups in total. The van der Waals surface area contributed by atoms with Gasteiger partial charge in [-0.2, -0.15) is 0 Å². The lowest BCUT2D eigenvalue weighted by atomic mass is 10.1. The van der Waals surface area contributed by atoms with Crippen molar-refractivity contribution in [2.24, 2.45) is 0 Å². The smallest absolute Gasteiger partial charge is 0.253 e. The molecule has 3 aromatic rings. The van der Waals surface area contributed by atoms with E-state index in [1.54, 1.807) is 6.07 Å². The van der Waals surface area contributed by atoms with E-state index in [2.05, 4.69) is 4.98 Å². The molecule has 20 heavy (non-hydrogen) atoms. The van der Waals surface area contributed by atoms with Crippen LogP contribution < -0.4 is 0 Å². The van der Waals surface area contributed by atoms with E-state index < -0.39 is 5.24 Å². The molecular weight excluding hydrogens is 321 g/mol. The molecular formula is C14H6Cl3NO2.